The third-order valence-electron chi connectivity index (χ3n) is 2.74. The summed E-state index contributed by atoms with van der Waals surface area (Å²) in [7, 11) is 1.23. The van der Waals surface area contributed by atoms with E-state index in [2.05, 4.69) is 26.0 Å². The number of ether oxygens (including phenoxy) is 1. The number of esters is 1. The highest BCUT2D eigenvalue weighted by molar-refractivity contribution is 9.10. The second-order valence-corrected chi connectivity index (χ2v) is 5.48. The maximum absolute atomic E-state index is 14.0. The van der Waals surface area contributed by atoms with Gasteiger partial charge in [0.05, 0.1) is 29.1 Å². The number of carbonyl (C=O) groups excluding carboxylic acids is 1. The molecule has 0 fully saturated rings. The van der Waals surface area contributed by atoms with Gasteiger partial charge < -0.3 is 15.8 Å². The lowest BCUT2D eigenvalue weighted by molar-refractivity contribution is 0.0602. The molecule has 0 aliphatic rings. The summed E-state index contributed by atoms with van der Waals surface area (Å²) in [6.07, 6.45) is 0. The summed E-state index contributed by atoms with van der Waals surface area (Å²) in [5, 5.41) is 3.24. The number of methoxy groups -OCH3 is 1. The number of hydrogen-bond donors (Lipinski definition) is 2. The van der Waals surface area contributed by atoms with Crippen LogP contribution in [0.5, 0.6) is 0 Å². The molecule has 2 rings (SSSR count). The number of carbonyl (C=O) groups is 1. The van der Waals surface area contributed by atoms with E-state index >= 15 is 0 Å². The van der Waals surface area contributed by atoms with Crippen LogP contribution in [0.3, 0.4) is 0 Å². The molecule has 0 spiro atoms. The van der Waals surface area contributed by atoms with Crippen molar-refractivity contribution in [2.24, 2.45) is 0 Å². The van der Waals surface area contributed by atoms with Crippen molar-refractivity contribution in [3.8, 4) is 0 Å². The zero-order valence-corrected chi connectivity index (χ0v) is 13.3. The van der Waals surface area contributed by atoms with Gasteiger partial charge in [0.1, 0.15) is 5.82 Å². The molecule has 0 atom stereocenters. The first-order chi connectivity index (χ1) is 9.92. The molecule has 0 radical (unpaired) electrons. The first-order valence-corrected chi connectivity index (χ1v) is 6.99. The van der Waals surface area contributed by atoms with Gasteiger partial charge in [0.25, 0.3) is 0 Å². The standard InChI is InChI=1S/C14H11BrClFN2O2/c1-21-14(20)8-5-13(10(17)6-11(8)18)19-12-4-7(15)2-3-9(12)16/h2-6,19H,18H2,1H3. The molecule has 4 nitrogen and oxygen atoms in total. The number of anilines is 3. The Hall–Kier alpha value is -1.79. The fourth-order valence-corrected chi connectivity index (χ4v) is 2.24. The molecule has 2 aromatic rings. The highest BCUT2D eigenvalue weighted by Crippen LogP contribution is 2.31. The van der Waals surface area contributed by atoms with Crippen molar-refractivity contribution in [3.63, 3.8) is 0 Å². The van der Waals surface area contributed by atoms with Crippen molar-refractivity contribution in [1.29, 1.82) is 0 Å². The molecule has 0 bridgehead atoms. The van der Waals surface area contributed by atoms with Crippen LogP contribution >= 0.6 is 27.5 Å². The van der Waals surface area contributed by atoms with E-state index in [0.29, 0.717) is 10.7 Å². The zero-order chi connectivity index (χ0) is 15.6. The minimum Gasteiger partial charge on any atom is -0.465 e. The normalized spacial score (nSPS) is 10.3. The summed E-state index contributed by atoms with van der Waals surface area (Å²) in [5.74, 6) is -1.24. The average Bonchev–Trinajstić information content (AvgIpc) is 2.44. The van der Waals surface area contributed by atoms with Crippen LogP contribution in [0, 0.1) is 5.82 Å². The largest absolute Gasteiger partial charge is 0.465 e. The number of nitrogens with two attached hydrogens (primary N) is 1. The maximum Gasteiger partial charge on any atom is 0.340 e. The number of rotatable bonds is 3. The Morgan fingerprint density at radius 1 is 1.33 bits per heavy atom. The van der Waals surface area contributed by atoms with Gasteiger partial charge in [-0.3, -0.25) is 0 Å². The molecule has 0 saturated carbocycles. The summed E-state index contributed by atoms with van der Waals surface area (Å²) in [6.45, 7) is 0. The molecule has 0 amide bonds. The Kier molecular flexibility index (Phi) is 4.69. The average molecular weight is 374 g/mol. The highest BCUT2D eigenvalue weighted by atomic mass is 79.9. The number of halogens is 3. The summed E-state index contributed by atoms with van der Waals surface area (Å²) in [6, 6.07) is 7.45. The fraction of sp³-hybridized carbons (Fsp3) is 0.0714. The molecular formula is C14H11BrClFN2O2. The smallest absolute Gasteiger partial charge is 0.340 e. The summed E-state index contributed by atoms with van der Waals surface area (Å²) in [5.41, 5.74) is 6.26. The Bertz CT molecular complexity index is 710. The minimum absolute atomic E-state index is 0.00485. The van der Waals surface area contributed by atoms with Crippen molar-refractivity contribution in [2.75, 3.05) is 18.2 Å². The van der Waals surface area contributed by atoms with E-state index < -0.39 is 11.8 Å². The number of nitrogens with one attached hydrogen (secondary N) is 1. The van der Waals surface area contributed by atoms with Gasteiger partial charge in [-0.05, 0) is 30.3 Å². The summed E-state index contributed by atoms with van der Waals surface area (Å²) < 4.78 is 19.3. The Labute approximate surface area is 134 Å². The van der Waals surface area contributed by atoms with E-state index in [-0.39, 0.29) is 16.9 Å². The van der Waals surface area contributed by atoms with E-state index in [1.807, 2.05) is 0 Å². The van der Waals surface area contributed by atoms with Crippen molar-refractivity contribution in [2.45, 2.75) is 0 Å². The molecule has 110 valence electrons. The van der Waals surface area contributed by atoms with E-state index in [9.17, 15) is 9.18 Å². The van der Waals surface area contributed by atoms with Crippen LogP contribution in [0.1, 0.15) is 10.4 Å². The van der Waals surface area contributed by atoms with Crippen LogP contribution in [0.15, 0.2) is 34.8 Å². The van der Waals surface area contributed by atoms with Gasteiger partial charge in [0, 0.05) is 10.2 Å². The molecule has 0 heterocycles. The molecule has 0 unspecified atom stereocenters. The van der Waals surface area contributed by atoms with E-state index in [1.54, 1.807) is 18.2 Å². The van der Waals surface area contributed by atoms with Gasteiger partial charge in [-0.25, -0.2) is 9.18 Å². The SMILES string of the molecule is COC(=O)c1cc(Nc2cc(Br)ccc2Cl)c(F)cc1N. The lowest BCUT2D eigenvalue weighted by atomic mass is 10.1. The third-order valence-corrected chi connectivity index (χ3v) is 3.57. The predicted molar refractivity (Wildman–Crippen MR) is 84.6 cm³/mol. The first kappa shape index (κ1) is 15.6. The van der Waals surface area contributed by atoms with Crippen LogP contribution in [0.4, 0.5) is 21.5 Å². The molecule has 0 saturated heterocycles. The van der Waals surface area contributed by atoms with Gasteiger partial charge >= 0.3 is 5.97 Å². The second kappa shape index (κ2) is 6.32. The van der Waals surface area contributed by atoms with Gasteiger partial charge in [-0.15, -0.1) is 0 Å². The van der Waals surface area contributed by atoms with E-state index in [4.69, 9.17) is 17.3 Å². The number of hydrogen-bond acceptors (Lipinski definition) is 4. The quantitative estimate of drug-likeness (QED) is 0.620. The third kappa shape index (κ3) is 3.46. The molecule has 21 heavy (non-hydrogen) atoms. The van der Waals surface area contributed by atoms with Crippen LogP contribution in [0.25, 0.3) is 0 Å². The molecular weight excluding hydrogens is 363 g/mol. The summed E-state index contributed by atoms with van der Waals surface area (Å²) in [4.78, 5) is 11.6. The Morgan fingerprint density at radius 3 is 2.71 bits per heavy atom. The monoisotopic (exact) mass is 372 g/mol. The molecule has 7 heteroatoms. The van der Waals surface area contributed by atoms with Crippen LogP contribution in [0.2, 0.25) is 5.02 Å². The zero-order valence-electron chi connectivity index (χ0n) is 10.9. The van der Waals surface area contributed by atoms with Gasteiger partial charge in [-0.2, -0.15) is 0 Å². The lowest BCUT2D eigenvalue weighted by Crippen LogP contribution is -2.07. The van der Waals surface area contributed by atoms with Gasteiger partial charge in [0.15, 0.2) is 0 Å². The molecule has 0 aliphatic heterocycles. The maximum atomic E-state index is 14.0. The lowest BCUT2D eigenvalue weighted by Gasteiger charge is -2.12. The van der Waals surface area contributed by atoms with Crippen molar-refractivity contribution in [1.82, 2.24) is 0 Å². The highest BCUT2D eigenvalue weighted by Gasteiger charge is 2.15. The van der Waals surface area contributed by atoms with E-state index in [1.165, 1.54) is 13.2 Å². The molecule has 0 aromatic heterocycles. The number of benzene rings is 2. The van der Waals surface area contributed by atoms with Crippen LogP contribution in [-0.2, 0) is 4.74 Å². The van der Waals surface area contributed by atoms with Crippen LogP contribution < -0.4 is 11.1 Å². The first-order valence-electron chi connectivity index (χ1n) is 5.81. The van der Waals surface area contributed by atoms with Gasteiger partial charge in [-0.1, -0.05) is 27.5 Å². The molecule has 3 N–H and O–H groups in total. The van der Waals surface area contributed by atoms with E-state index in [0.717, 1.165) is 10.5 Å². The Balaban J connectivity index is 2.44. The second-order valence-electron chi connectivity index (χ2n) is 4.16. The van der Waals surface area contributed by atoms with Crippen molar-refractivity contribution in [3.05, 3.63) is 51.2 Å². The topological polar surface area (TPSA) is 64.3 Å². The fourth-order valence-electron chi connectivity index (χ4n) is 1.71. The van der Waals surface area contributed by atoms with Crippen molar-refractivity contribution < 1.29 is 13.9 Å². The van der Waals surface area contributed by atoms with Crippen LogP contribution in [-0.4, -0.2) is 13.1 Å². The van der Waals surface area contributed by atoms with Crippen molar-refractivity contribution >= 4 is 50.6 Å². The Morgan fingerprint density at radius 2 is 2.05 bits per heavy atom. The minimum atomic E-state index is -0.643. The number of nitrogen functional groups attached to an aromatic ring is 1. The summed E-state index contributed by atoms with van der Waals surface area (Å²) >= 11 is 9.34. The molecule has 0 aliphatic carbocycles. The predicted octanol–water partition coefficient (Wildman–Crippen LogP) is 4.35. The van der Waals surface area contributed by atoms with Gasteiger partial charge in [0.2, 0.25) is 0 Å². The molecule has 2 aromatic carbocycles.